The molecule has 1 saturated heterocycles. The van der Waals surface area contributed by atoms with E-state index in [1.807, 2.05) is 35.4 Å². The van der Waals surface area contributed by atoms with Crippen molar-refractivity contribution in [3.05, 3.63) is 47.1 Å². The van der Waals surface area contributed by atoms with Gasteiger partial charge in [0.2, 0.25) is 0 Å². The first kappa shape index (κ1) is 20.2. The summed E-state index contributed by atoms with van der Waals surface area (Å²) < 4.78 is 7.30. The van der Waals surface area contributed by atoms with Crippen LogP contribution in [0.2, 0.25) is 0 Å². The zero-order valence-electron chi connectivity index (χ0n) is 17.0. The number of hydrogen-bond acceptors (Lipinski definition) is 6. The van der Waals surface area contributed by atoms with Crippen molar-refractivity contribution in [2.24, 2.45) is 13.0 Å². The van der Waals surface area contributed by atoms with Crippen LogP contribution in [0, 0.1) is 12.8 Å². The first-order chi connectivity index (χ1) is 14.1. The van der Waals surface area contributed by atoms with Gasteiger partial charge >= 0.3 is 0 Å². The normalized spacial score (nSPS) is 16.2. The first-order valence-corrected chi connectivity index (χ1v) is 11.0. The molecule has 1 fully saturated rings. The Morgan fingerprint density at radius 3 is 2.86 bits per heavy atom. The summed E-state index contributed by atoms with van der Waals surface area (Å²) in [6.45, 7) is 4.58. The second-order valence-corrected chi connectivity index (χ2v) is 8.53. The minimum absolute atomic E-state index is 0.500. The molecule has 2 N–H and O–H groups in total. The van der Waals surface area contributed by atoms with E-state index in [2.05, 4.69) is 29.5 Å². The molecule has 1 unspecified atom stereocenters. The maximum absolute atomic E-state index is 10.4. The highest BCUT2D eigenvalue weighted by molar-refractivity contribution is 7.13. The van der Waals surface area contributed by atoms with E-state index in [4.69, 9.17) is 9.72 Å². The van der Waals surface area contributed by atoms with Gasteiger partial charge in [0.15, 0.2) is 0 Å². The van der Waals surface area contributed by atoms with Crippen molar-refractivity contribution < 1.29 is 9.84 Å². The molecule has 0 aliphatic carbocycles. The van der Waals surface area contributed by atoms with Crippen molar-refractivity contribution in [1.29, 1.82) is 0 Å². The zero-order chi connectivity index (χ0) is 20.2. The average Bonchev–Trinajstić information content (AvgIpc) is 3.34. The van der Waals surface area contributed by atoms with Crippen LogP contribution in [-0.2, 0) is 18.2 Å². The minimum atomic E-state index is -0.586. The quantitative estimate of drug-likeness (QED) is 0.582. The molecule has 0 saturated carbocycles. The van der Waals surface area contributed by atoms with Crippen LogP contribution < -0.4 is 5.32 Å². The van der Waals surface area contributed by atoms with E-state index < -0.39 is 6.23 Å². The predicted molar refractivity (Wildman–Crippen MR) is 116 cm³/mol. The van der Waals surface area contributed by atoms with Crippen molar-refractivity contribution in [2.75, 3.05) is 19.8 Å². The predicted octanol–water partition coefficient (Wildman–Crippen LogP) is 3.40. The van der Waals surface area contributed by atoms with E-state index >= 15 is 0 Å². The molecule has 1 aliphatic rings. The van der Waals surface area contributed by atoms with Crippen LogP contribution in [0.3, 0.4) is 0 Å². The molecular weight excluding hydrogens is 384 g/mol. The molecule has 7 heteroatoms. The van der Waals surface area contributed by atoms with E-state index in [0.717, 1.165) is 60.1 Å². The van der Waals surface area contributed by atoms with Crippen LogP contribution in [0.4, 0.5) is 0 Å². The molecule has 29 heavy (non-hydrogen) atoms. The van der Waals surface area contributed by atoms with Gasteiger partial charge in [-0.15, -0.1) is 11.3 Å². The number of hydrogen-bond donors (Lipinski definition) is 2. The Morgan fingerprint density at radius 2 is 2.07 bits per heavy atom. The standard InChI is InChI=1S/C22H28N4O2S/c1-15-5-3-4-6-18(15)21-19(13-24-26(21)2)22-25-17(14-29-22)11-20(27)23-12-16-7-9-28-10-8-16/h3-6,13-14,16,20,23,27H,7-12H2,1-2H3. The lowest BCUT2D eigenvalue weighted by molar-refractivity contribution is 0.0569. The van der Waals surface area contributed by atoms with Crippen LogP contribution >= 0.6 is 11.3 Å². The monoisotopic (exact) mass is 412 g/mol. The van der Waals surface area contributed by atoms with Crippen molar-refractivity contribution >= 4 is 11.3 Å². The summed E-state index contributed by atoms with van der Waals surface area (Å²) in [4.78, 5) is 4.79. The molecule has 3 heterocycles. The fraction of sp³-hybridized carbons (Fsp3) is 0.455. The molecule has 1 aromatic carbocycles. The topological polar surface area (TPSA) is 72.2 Å². The lowest BCUT2D eigenvalue weighted by Gasteiger charge is -2.23. The van der Waals surface area contributed by atoms with E-state index in [0.29, 0.717) is 12.3 Å². The van der Waals surface area contributed by atoms with Gasteiger partial charge in [-0.1, -0.05) is 24.3 Å². The molecule has 0 amide bonds. The Hall–Kier alpha value is -2.06. The van der Waals surface area contributed by atoms with Crippen LogP contribution in [0.15, 0.2) is 35.8 Å². The second-order valence-electron chi connectivity index (χ2n) is 7.67. The van der Waals surface area contributed by atoms with E-state index in [1.165, 1.54) is 5.56 Å². The summed E-state index contributed by atoms with van der Waals surface area (Å²) in [7, 11) is 1.96. The maximum Gasteiger partial charge on any atom is 0.127 e. The van der Waals surface area contributed by atoms with E-state index in [-0.39, 0.29) is 0 Å². The molecule has 1 atom stereocenters. The number of aliphatic hydroxyl groups is 1. The molecular formula is C22H28N4O2S. The summed E-state index contributed by atoms with van der Waals surface area (Å²) in [5.41, 5.74) is 5.38. The van der Waals surface area contributed by atoms with Gasteiger partial charge in [-0.3, -0.25) is 10.00 Å². The highest BCUT2D eigenvalue weighted by Gasteiger charge is 2.19. The van der Waals surface area contributed by atoms with Gasteiger partial charge in [0.05, 0.1) is 23.1 Å². The number of thiazole rings is 1. The van der Waals surface area contributed by atoms with Gasteiger partial charge < -0.3 is 9.84 Å². The molecule has 6 nitrogen and oxygen atoms in total. The molecule has 0 spiro atoms. The molecule has 154 valence electrons. The van der Waals surface area contributed by atoms with Crippen LogP contribution in [0.5, 0.6) is 0 Å². The third kappa shape index (κ3) is 4.75. The lowest BCUT2D eigenvalue weighted by Crippen LogP contribution is -2.36. The second kappa shape index (κ2) is 9.17. The first-order valence-electron chi connectivity index (χ1n) is 10.1. The van der Waals surface area contributed by atoms with Gasteiger partial charge in [-0.2, -0.15) is 5.10 Å². The largest absolute Gasteiger partial charge is 0.381 e. The number of nitrogens with one attached hydrogen (secondary N) is 1. The van der Waals surface area contributed by atoms with Crippen molar-refractivity contribution in [3.63, 3.8) is 0 Å². The molecule has 0 bridgehead atoms. The minimum Gasteiger partial charge on any atom is -0.381 e. The van der Waals surface area contributed by atoms with Gasteiger partial charge in [0.1, 0.15) is 11.2 Å². The highest BCUT2D eigenvalue weighted by Crippen LogP contribution is 2.35. The Bertz CT molecular complexity index is 946. The lowest BCUT2D eigenvalue weighted by atomic mass is 10.0. The number of aliphatic hydroxyl groups excluding tert-OH is 1. The fourth-order valence-corrected chi connectivity index (χ4v) is 4.64. The van der Waals surface area contributed by atoms with Crippen molar-refractivity contribution in [3.8, 4) is 21.8 Å². The van der Waals surface area contributed by atoms with E-state index in [1.54, 1.807) is 11.3 Å². The number of aryl methyl sites for hydroxylation is 2. The number of benzene rings is 1. The molecule has 4 rings (SSSR count). The van der Waals surface area contributed by atoms with Crippen molar-refractivity contribution in [1.82, 2.24) is 20.1 Å². The Labute approximate surface area is 175 Å². The highest BCUT2D eigenvalue weighted by atomic mass is 32.1. The summed E-state index contributed by atoms with van der Waals surface area (Å²) in [5.74, 6) is 0.580. The molecule has 3 aromatic rings. The Kier molecular flexibility index (Phi) is 6.40. The van der Waals surface area contributed by atoms with Gasteiger partial charge in [-0.05, 0) is 31.2 Å². The molecule has 0 radical (unpaired) electrons. The van der Waals surface area contributed by atoms with Crippen LogP contribution in [0.1, 0.15) is 24.1 Å². The Morgan fingerprint density at radius 1 is 1.28 bits per heavy atom. The number of rotatable bonds is 7. The van der Waals surface area contributed by atoms with Gasteiger partial charge in [0.25, 0.3) is 0 Å². The summed E-state index contributed by atoms with van der Waals surface area (Å²) in [5, 5.41) is 21.1. The van der Waals surface area contributed by atoms with Gasteiger partial charge in [-0.25, -0.2) is 4.98 Å². The summed E-state index contributed by atoms with van der Waals surface area (Å²) in [6.07, 6.45) is 3.91. The Balaban J connectivity index is 1.45. The average molecular weight is 413 g/mol. The smallest absolute Gasteiger partial charge is 0.127 e. The number of aromatic nitrogens is 3. The summed E-state index contributed by atoms with van der Waals surface area (Å²) >= 11 is 1.60. The molecule has 1 aliphatic heterocycles. The zero-order valence-corrected chi connectivity index (χ0v) is 17.8. The third-order valence-corrected chi connectivity index (χ3v) is 6.43. The van der Waals surface area contributed by atoms with Crippen LogP contribution in [0.25, 0.3) is 21.8 Å². The van der Waals surface area contributed by atoms with E-state index in [9.17, 15) is 5.11 Å². The number of ether oxygens (including phenoxy) is 1. The molecule has 2 aromatic heterocycles. The number of nitrogens with zero attached hydrogens (tertiary/aromatic N) is 3. The van der Waals surface area contributed by atoms with Crippen molar-refractivity contribution in [2.45, 2.75) is 32.4 Å². The fourth-order valence-electron chi connectivity index (χ4n) is 3.80. The SMILES string of the molecule is Cc1ccccc1-c1c(-c2nc(CC(O)NCC3CCOCC3)cs2)cnn1C. The maximum atomic E-state index is 10.4. The summed E-state index contributed by atoms with van der Waals surface area (Å²) in [6, 6.07) is 8.33. The van der Waals surface area contributed by atoms with Gasteiger partial charge in [0, 0.05) is 44.2 Å². The van der Waals surface area contributed by atoms with Crippen LogP contribution in [-0.4, -0.2) is 45.9 Å². The third-order valence-electron chi connectivity index (χ3n) is 5.51.